The van der Waals surface area contributed by atoms with E-state index in [-0.39, 0.29) is 30.3 Å². The molecule has 1 aliphatic heterocycles. The van der Waals surface area contributed by atoms with E-state index in [0.717, 1.165) is 4.90 Å². The second-order valence-electron chi connectivity index (χ2n) is 4.71. The van der Waals surface area contributed by atoms with Crippen molar-refractivity contribution in [3.8, 4) is 0 Å². The number of hydrogen-bond donors (Lipinski definition) is 1. The van der Waals surface area contributed by atoms with Crippen LogP contribution in [0.15, 0.2) is 12.2 Å². The molecule has 0 aromatic heterocycles. The first-order chi connectivity index (χ1) is 9.47. The van der Waals surface area contributed by atoms with Crippen molar-refractivity contribution >= 4 is 17.7 Å². The fraction of sp³-hybridized carbons (Fsp3) is 0.615. The molecule has 0 aromatic carbocycles. The number of nitrogens with zero attached hydrogens (tertiary/aromatic N) is 2. The zero-order chi connectivity index (χ0) is 15.1. The standard InChI is InChI=1S/C13H21N3O4/c1-15(2)11(17)6-8-20-7-5-10(9-14)16-12(18)3-4-13(16)19/h3-4,10H,5-9,14H2,1-2H3/t10-/m1/s1. The van der Waals surface area contributed by atoms with E-state index in [0.29, 0.717) is 26.1 Å². The highest BCUT2D eigenvalue weighted by Gasteiger charge is 2.29. The average Bonchev–Trinajstić information content (AvgIpc) is 2.74. The number of carbonyl (C=O) groups is 3. The largest absolute Gasteiger partial charge is 0.381 e. The Morgan fingerprint density at radius 1 is 1.30 bits per heavy atom. The molecule has 0 aromatic rings. The van der Waals surface area contributed by atoms with Gasteiger partial charge in [-0.25, -0.2) is 0 Å². The van der Waals surface area contributed by atoms with Gasteiger partial charge in [-0.3, -0.25) is 19.3 Å². The van der Waals surface area contributed by atoms with Crippen LogP contribution in [0.5, 0.6) is 0 Å². The van der Waals surface area contributed by atoms with Crippen molar-refractivity contribution < 1.29 is 19.1 Å². The maximum absolute atomic E-state index is 11.5. The molecule has 3 amide bonds. The van der Waals surface area contributed by atoms with E-state index in [1.165, 1.54) is 17.1 Å². The monoisotopic (exact) mass is 283 g/mol. The first-order valence-electron chi connectivity index (χ1n) is 6.50. The minimum Gasteiger partial charge on any atom is -0.381 e. The molecule has 0 saturated carbocycles. The van der Waals surface area contributed by atoms with E-state index in [1.54, 1.807) is 14.1 Å². The van der Waals surface area contributed by atoms with Crippen molar-refractivity contribution in [3.05, 3.63) is 12.2 Å². The molecular formula is C13H21N3O4. The van der Waals surface area contributed by atoms with Gasteiger partial charge in [0.2, 0.25) is 5.91 Å². The quantitative estimate of drug-likeness (QED) is 0.461. The number of rotatable bonds is 8. The van der Waals surface area contributed by atoms with Crippen LogP contribution in [-0.4, -0.2) is 67.4 Å². The number of amides is 3. The van der Waals surface area contributed by atoms with Crippen LogP contribution in [0.1, 0.15) is 12.8 Å². The molecule has 0 fully saturated rings. The summed E-state index contributed by atoms with van der Waals surface area (Å²) in [6.45, 7) is 0.854. The fourth-order valence-electron chi connectivity index (χ4n) is 1.83. The maximum atomic E-state index is 11.5. The van der Waals surface area contributed by atoms with Gasteiger partial charge in [0.05, 0.1) is 19.1 Å². The van der Waals surface area contributed by atoms with E-state index in [9.17, 15) is 14.4 Å². The van der Waals surface area contributed by atoms with Crippen LogP contribution >= 0.6 is 0 Å². The number of imide groups is 1. The Kier molecular flexibility index (Phi) is 6.33. The molecule has 1 aliphatic rings. The van der Waals surface area contributed by atoms with Gasteiger partial charge in [-0.1, -0.05) is 0 Å². The molecule has 0 spiro atoms. The van der Waals surface area contributed by atoms with Crippen molar-refractivity contribution in [1.29, 1.82) is 0 Å². The summed E-state index contributed by atoms with van der Waals surface area (Å²) in [5.41, 5.74) is 5.59. The van der Waals surface area contributed by atoms with Crippen molar-refractivity contribution in [2.24, 2.45) is 5.73 Å². The van der Waals surface area contributed by atoms with Gasteiger partial charge in [0.1, 0.15) is 0 Å². The number of nitrogens with two attached hydrogens (primary N) is 1. The van der Waals surface area contributed by atoms with E-state index in [1.807, 2.05) is 0 Å². The van der Waals surface area contributed by atoms with Crippen molar-refractivity contribution in [2.45, 2.75) is 18.9 Å². The molecule has 1 heterocycles. The molecule has 20 heavy (non-hydrogen) atoms. The van der Waals surface area contributed by atoms with Gasteiger partial charge >= 0.3 is 0 Å². The lowest BCUT2D eigenvalue weighted by Gasteiger charge is -2.24. The van der Waals surface area contributed by atoms with Crippen molar-refractivity contribution in [3.63, 3.8) is 0 Å². The zero-order valence-corrected chi connectivity index (χ0v) is 11.9. The smallest absolute Gasteiger partial charge is 0.253 e. The molecule has 0 unspecified atom stereocenters. The molecule has 0 bridgehead atoms. The van der Waals surface area contributed by atoms with Crippen LogP contribution in [0.2, 0.25) is 0 Å². The minimum atomic E-state index is -0.366. The summed E-state index contributed by atoms with van der Waals surface area (Å²) in [6.07, 6.45) is 3.25. The topological polar surface area (TPSA) is 92.9 Å². The zero-order valence-electron chi connectivity index (χ0n) is 11.9. The Labute approximate surface area is 118 Å². The van der Waals surface area contributed by atoms with Gasteiger partial charge < -0.3 is 15.4 Å². The highest BCUT2D eigenvalue weighted by atomic mass is 16.5. The molecule has 1 atom stereocenters. The van der Waals surface area contributed by atoms with Gasteiger partial charge in [-0.15, -0.1) is 0 Å². The van der Waals surface area contributed by atoms with Crippen LogP contribution in [0.25, 0.3) is 0 Å². The number of hydrogen-bond acceptors (Lipinski definition) is 5. The average molecular weight is 283 g/mol. The predicted molar refractivity (Wildman–Crippen MR) is 72.6 cm³/mol. The molecule has 2 N–H and O–H groups in total. The second kappa shape index (κ2) is 7.76. The lowest BCUT2D eigenvalue weighted by molar-refractivity contribution is -0.139. The summed E-state index contributed by atoms with van der Waals surface area (Å²) < 4.78 is 5.34. The van der Waals surface area contributed by atoms with Crippen molar-refractivity contribution in [2.75, 3.05) is 33.9 Å². The summed E-state index contributed by atoms with van der Waals surface area (Å²) >= 11 is 0. The van der Waals surface area contributed by atoms with Gasteiger partial charge in [0, 0.05) is 39.4 Å². The Morgan fingerprint density at radius 3 is 2.40 bits per heavy atom. The third-order valence-corrected chi connectivity index (χ3v) is 3.04. The van der Waals surface area contributed by atoms with E-state index in [2.05, 4.69) is 0 Å². The molecule has 0 aliphatic carbocycles. The number of carbonyl (C=O) groups excluding carboxylic acids is 3. The van der Waals surface area contributed by atoms with Crippen LogP contribution in [0.4, 0.5) is 0 Å². The Bertz CT molecular complexity index is 388. The fourth-order valence-corrected chi connectivity index (χ4v) is 1.83. The third kappa shape index (κ3) is 4.43. The molecule has 0 radical (unpaired) electrons. The first kappa shape index (κ1) is 16.3. The lowest BCUT2D eigenvalue weighted by Crippen LogP contribution is -2.45. The highest BCUT2D eigenvalue weighted by molar-refractivity contribution is 6.13. The predicted octanol–water partition coefficient (Wildman–Crippen LogP) is -0.876. The Hall–Kier alpha value is -1.73. The summed E-state index contributed by atoms with van der Waals surface area (Å²) in [4.78, 5) is 37.0. The summed E-state index contributed by atoms with van der Waals surface area (Å²) in [5, 5.41) is 0. The molecule has 112 valence electrons. The maximum Gasteiger partial charge on any atom is 0.253 e. The van der Waals surface area contributed by atoms with Crippen LogP contribution in [0, 0.1) is 0 Å². The SMILES string of the molecule is CN(C)C(=O)CCOCC[C@H](CN)N1C(=O)C=CC1=O. The number of ether oxygens (including phenoxy) is 1. The Balaban J connectivity index is 2.27. The van der Waals surface area contributed by atoms with Crippen LogP contribution in [0.3, 0.4) is 0 Å². The second-order valence-corrected chi connectivity index (χ2v) is 4.71. The Morgan fingerprint density at radius 2 is 1.90 bits per heavy atom. The van der Waals surface area contributed by atoms with Gasteiger partial charge in [0.25, 0.3) is 11.8 Å². The third-order valence-electron chi connectivity index (χ3n) is 3.04. The van der Waals surface area contributed by atoms with Gasteiger partial charge in [0.15, 0.2) is 0 Å². The molecular weight excluding hydrogens is 262 g/mol. The van der Waals surface area contributed by atoms with E-state index < -0.39 is 0 Å². The van der Waals surface area contributed by atoms with Crippen LogP contribution in [-0.2, 0) is 19.1 Å². The highest BCUT2D eigenvalue weighted by Crippen LogP contribution is 2.11. The summed E-state index contributed by atoms with van der Waals surface area (Å²) in [6, 6.07) is -0.366. The van der Waals surface area contributed by atoms with Gasteiger partial charge in [-0.2, -0.15) is 0 Å². The summed E-state index contributed by atoms with van der Waals surface area (Å²) in [5.74, 6) is -0.684. The van der Waals surface area contributed by atoms with Gasteiger partial charge in [-0.05, 0) is 6.42 Å². The van der Waals surface area contributed by atoms with Crippen LogP contribution < -0.4 is 5.73 Å². The molecule has 0 saturated heterocycles. The molecule has 7 nitrogen and oxygen atoms in total. The molecule has 7 heteroatoms. The van der Waals surface area contributed by atoms with E-state index >= 15 is 0 Å². The minimum absolute atomic E-state index is 0.00512. The van der Waals surface area contributed by atoms with E-state index in [4.69, 9.17) is 10.5 Å². The first-order valence-corrected chi connectivity index (χ1v) is 6.50. The van der Waals surface area contributed by atoms with Crippen molar-refractivity contribution in [1.82, 2.24) is 9.80 Å². The summed E-state index contributed by atoms with van der Waals surface area (Å²) in [7, 11) is 3.37. The normalized spacial score (nSPS) is 15.8. The lowest BCUT2D eigenvalue weighted by atomic mass is 10.2. The molecule has 1 rings (SSSR count).